The first-order valence-corrected chi connectivity index (χ1v) is 12.8. The Bertz CT molecular complexity index is 1440. The van der Waals surface area contributed by atoms with Crippen molar-refractivity contribution in [3.63, 3.8) is 0 Å². The first-order chi connectivity index (χ1) is 16.1. The van der Waals surface area contributed by atoms with Crippen LogP contribution in [-0.2, 0) is 14.8 Å². The van der Waals surface area contributed by atoms with Gasteiger partial charge in [-0.25, -0.2) is 17.7 Å². The number of fused-ring (bicyclic) bond motifs is 1. The monoisotopic (exact) mass is 499 g/mol. The lowest BCUT2D eigenvalue weighted by Gasteiger charge is -2.19. The molecule has 0 saturated carbocycles. The summed E-state index contributed by atoms with van der Waals surface area (Å²) < 4.78 is 27.9. The normalized spacial score (nSPS) is 11.5. The first-order valence-electron chi connectivity index (χ1n) is 10.4. The molecular weight excluding hydrogens is 474 g/mol. The highest BCUT2D eigenvalue weighted by Gasteiger charge is 2.22. The van der Waals surface area contributed by atoms with Crippen molar-refractivity contribution < 1.29 is 13.2 Å². The van der Waals surface area contributed by atoms with Crippen LogP contribution >= 0.6 is 11.8 Å². The molecule has 3 aromatic rings. The highest BCUT2D eigenvalue weighted by molar-refractivity contribution is 7.99. The Kier molecular flexibility index (Phi) is 7.76. The van der Waals surface area contributed by atoms with Crippen LogP contribution in [-0.4, -0.2) is 66.5 Å². The summed E-state index contributed by atoms with van der Waals surface area (Å²) in [5.41, 5.74) is 1.17. The Morgan fingerprint density at radius 3 is 2.56 bits per heavy atom. The van der Waals surface area contributed by atoms with Gasteiger partial charge in [-0.15, -0.1) is 0 Å². The van der Waals surface area contributed by atoms with Gasteiger partial charge in [0, 0.05) is 27.7 Å². The van der Waals surface area contributed by atoms with E-state index in [4.69, 9.17) is 5.26 Å². The molecule has 0 saturated heterocycles. The van der Waals surface area contributed by atoms with E-state index in [0.29, 0.717) is 28.7 Å². The number of benzene rings is 2. The van der Waals surface area contributed by atoms with Gasteiger partial charge in [-0.1, -0.05) is 30.0 Å². The largest absolute Gasteiger partial charge is 0.344 e. The fourth-order valence-electron chi connectivity index (χ4n) is 3.20. The maximum Gasteiger partial charge on any atom is 0.266 e. The Balaban J connectivity index is 2.16. The molecule has 34 heavy (non-hydrogen) atoms. The second-order valence-electron chi connectivity index (χ2n) is 7.80. The predicted octanol–water partition coefficient (Wildman–Crippen LogP) is 2.41. The molecule has 0 bridgehead atoms. The molecule has 0 aliphatic heterocycles. The molecule has 11 heteroatoms. The fourth-order valence-corrected chi connectivity index (χ4v) is 5.07. The maximum absolute atomic E-state index is 13.5. The average Bonchev–Trinajstić information content (AvgIpc) is 2.81. The van der Waals surface area contributed by atoms with E-state index in [-0.39, 0.29) is 33.7 Å². The lowest BCUT2D eigenvalue weighted by Crippen LogP contribution is -2.30. The molecule has 9 nitrogen and oxygen atoms in total. The number of hydrogen-bond acceptors (Lipinski definition) is 7. The number of aryl methyl sites for hydroxylation is 1. The van der Waals surface area contributed by atoms with Gasteiger partial charge in [-0.2, -0.15) is 5.26 Å². The third-order valence-corrected chi connectivity index (χ3v) is 7.99. The molecule has 0 fully saturated rings. The number of amides is 1. The highest BCUT2D eigenvalue weighted by atomic mass is 32.2. The number of carbonyl (C=O) groups is 1. The summed E-state index contributed by atoms with van der Waals surface area (Å²) in [6.45, 7) is 2.08. The summed E-state index contributed by atoms with van der Waals surface area (Å²) in [4.78, 5) is 32.2. The van der Waals surface area contributed by atoms with Gasteiger partial charge in [-0.05, 0) is 36.8 Å². The number of thioether (sulfide) groups is 1. The van der Waals surface area contributed by atoms with E-state index < -0.39 is 10.0 Å². The van der Waals surface area contributed by atoms with E-state index in [1.54, 1.807) is 44.3 Å². The molecule has 178 valence electrons. The maximum atomic E-state index is 13.5. The van der Waals surface area contributed by atoms with Crippen molar-refractivity contribution in [1.82, 2.24) is 18.8 Å². The van der Waals surface area contributed by atoms with Crippen LogP contribution in [0.3, 0.4) is 0 Å². The van der Waals surface area contributed by atoms with Crippen LogP contribution in [0.5, 0.6) is 0 Å². The average molecular weight is 500 g/mol. The lowest BCUT2D eigenvalue weighted by atomic mass is 10.2. The first kappa shape index (κ1) is 25.4. The van der Waals surface area contributed by atoms with Crippen LogP contribution in [0.25, 0.3) is 16.6 Å². The van der Waals surface area contributed by atoms with E-state index in [1.807, 2.05) is 6.07 Å². The van der Waals surface area contributed by atoms with Crippen LogP contribution in [0.2, 0.25) is 0 Å². The zero-order valence-electron chi connectivity index (χ0n) is 19.3. The lowest BCUT2D eigenvalue weighted by molar-refractivity contribution is -0.127. The highest BCUT2D eigenvalue weighted by Crippen LogP contribution is 2.26. The van der Waals surface area contributed by atoms with Gasteiger partial charge in [0.1, 0.15) is 0 Å². The van der Waals surface area contributed by atoms with Crippen molar-refractivity contribution >= 4 is 38.6 Å². The molecule has 0 aliphatic rings. The van der Waals surface area contributed by atoms with Crippen LogP contribution in [0.4, 0.5) is 0 Å². The van der Waals surface area contributed by atoms with E-state index in [0.717, 1.165) is 16.1 Å². The second kappa shape index (κ2) is 10.4. The molecule has 0 atom stereocenters. The smallest absolute Gasteiger partial charge is 0.266 e. The zero-order valence-corrected chi connectivity index (χ0v) is 21.0. The number of nitriles is 1. The van der Waals surface area contributed by atoms with Crippen LogP contribution in [0, 0.1) is 18.3 Å². The Morgan fingerprint density at radius 2 is 1.88 bits per heavy atom. The van der Waals surface area contributed by atoms with Crippen LogP contribution in [0.15, 0.2) is 57.3 Å². The molecule has 1 amide bonds. The fraction of sp³-hybridized carbons (Fsp3) is 0.304. The summed E-state index contributed by atoms with van der Waals surface area (Å²) in [5, 5.41) is 9.40. The van der Waals surface area contributed by atoms with Gasteiger partial charge in [0.05, 0.1) is 39.7 Å². The quantitative estimate of drug-likeness (QED) is 0.345. The molecule has 2 aromatic carbocycles. The third-order valence-electron chi connectivity index (χ3n) is 5.25. The molecule has 3 rings (SSSR count). The molecule has 1 heterocycles. The predicted molar refractivity (Wildman–Crippen MR) is 132 cm³/mol. The van der Waals surface area contributed by atoms with Crippen LogP contribution < -0.4 is 5.56 Å². The SMILES string of the molecule is Cc1ccc(S(=O)(=O)N(C)C)cc1-n1c(SCC(=O)N(C)CCC#N)nc2ccccc2c1=O. The molecule has 1 aromatic heterocycles. The summed E-state index contributed by atoms with van der Waals surface area (Å²) in [6, 6.07) is 13.5. The van der Waals surface area contributed by atoms with E-state index in [2.05, 4.69) is 4.98 Å². The summed E-state index contributed by atoms with van der Waals surface area (Å²) in [7, 11) is 0.755. The molecule has 0 unspecified atom stereocenters. The molecular formula is C23H25N5O4S2. The van der Waals surface area contributed by atoms with Gasteiger partial charge in [0.25, 0.3) is 5.56 Å². The zero-order chi connectivity index (χ0) is 25.0. The van der Waals surface area contributed by atoms with Crippen molar-refractivity contribution in [2.45, 2.75) is 23.4 Å². The number of carbonyl (C=O) groups excluding carboxylic acids is 1. The minimum Gasteiger partial charge on any atom is -0.344 e. The topological polar surface area (TPSA) is 116 Å². The second-order valence-corrected chi connectivity index (χ2v) is 10.9. The van der Waals surface area contributed by atoms with Crippen molar-refractivity contribution in [3.05, 3.63) is 58.4 Å². The van der Waals surface area contributed by atoms with Gasteiger partial charge in [0.2, 0.25) is 15.9 Å². The van der Waals surface area contributed by atoms with E-state index >= 15 is 0 Å². The number of para-hydroxylation sites is 1. The Morgan fingerprint density at radius 1 is 1.18 bits per heavy atom. The number of hydrogen-bond donors (Lipinski definition) is 0. The summed E-state index contributed by atoms with van der Waals surface area (Å²) >= 11 is 1.09. The third kappa shape index (κ3) is 5.14. The van der Waals surface area contributed by atoms with Crippen molar-refractivity contribution in [3.8, 4) is 11.8 Å². The van der Waals surface area contributed by atoms with Crippen molar-refractivity contribution in [2.75, 3.05) is 33.4 Å². The molecule has 0 radical (unpaired) electrons. The van der Waals surface area contributed by atoms with Crippen molar-refractivity contribution in [2.24, 2.45) is 0 Å². The van der Waals surface area contributed by atoms with E-state index in [9.17, 15) is 18.0 Å². The van der Waals surface area contributed by atoms with Crippen molar-refractivity contribution in [1.29, 1.82) is 5.26 Å². The minimum atomic E-state index is -3.73. The number of nitrogens with zero attached hydrogens (tertiary/aromatic N) is 5. The Hall–Kier alpha value is -3.20. The van der Waals surface area contributed by atoms with Gasteiger partial charge in [0.15, 0.2) is 5.16 Å². The standard InChI is InChI=1S/C23H25N5O4S2/c1-16-10-11-17(34(31,32)26(2)3)14-20(16)28-22(30)18-8-5-6-9-19(18)25-23(28)33-15-21(29)27(4)13-7-12-24/h5-6,8-11,14H,7,13,15H2,1-4H3. The van der Waals surface area contributed by atoms with Gasteiger partial charge >= 0.3 is 0 Å². The summed E-state index contributed by atoms with van der Waals surface area (Å²) in [5.74, 6) is -0.212. The summed E-state index contributed by atoms with van der Waals surface area (Å²) in [6.07, 6.45) is 0.220. The number of rotatable bonds is 8. The van der Waals surface area contributed by atoms with Gasteiger partial charge in [-0.3, -0.25) is 14.2 Å². The van der Waals surface area contributed by atoms with Crippen LogP contribution in [0.1, 0.15) is 12.0 Å². The molecule has 0 N–H and O–H groups in total. The van der Waals surface area contributed by atoms with Gasteiger partial charge < -0.3 is 4.90 Å². The number of aromatic nitrogens is 2. The minimum absolute atomic E-state index is 0.00143. The number of sulfonamides is 1. The van der Waals surface area contributed by atoms with E-state index in [1.165, 1.54) is 35.7 Å². The molecule has 0 aliphatic carbocycles. The Labute approximate surface area is 202 Å². The molecule has 0 spiro atoms.